The van der Waals surface area contributed by atoms with Crippen molar-refractivity contribution in [2.45, 2.75) is 30.5 Å². The Hall–Kier alpha value is -1.22. The molecule has 1 unspecified atom stereocenters. The van der Waals surface area contributed by atoms with Crippen LogP contribution in [0.5, 0.6) is 0 Å². The van der Waals surface area contributed by atoms with E-state index in [2.05, 4.69) is 9.47 Å². The maximum atomic E-state index is 13.1. The zero-order valence-corrected chi connectivity index (χ0v) is 7.86. The van der Waals surface area contributed by atoms with Gasteiger partial charge in [-0.25, -0.2) is 9.18 Å². The number of carbonyl (C=O) groups is 1. The lowest BCUT2D eigenvalue weighted by molar-refractivity contribution is -0.346. The molecule has 17 heavy (non-hydrogen) atoms. The quantitative estimate of drug-likeness (QED) is 0.571. The first kappa shape index (κ1) is 13.8. The van der Waals surface area contributed by atoms with Crippen molar-refractivity contribution in [2.24, 2.45) is 0 Å². The number of rotatable bonds is 2. The van der Waals surface area contributed by atoms with E-state index >= 15 is 0 Å². The topological polar surface area (TPSA) is 35.5 Å². The van der Waals surface area contributed by atoms with Crippen molar-refractivity contribution in [3.05, 3.63) is 0 Å². The molecule has 100 valence electrons. The largest absolute Gasteiger partial charge is 0.508 e. The molecule has 1 rings (SSSR count). The Labute approximate surface area is 89.5 Å². The first-order valence-electron chi connectivity index (χ1n) is 4.13. The second-order valence-corrected chi connectivity index (χ2v) is 3.30. The van der Waals surface area contributed by atoms with Gasteiger partial charge in [0.2, 0.25) is 0 Å². The standard InChI is InChI=1S/C7H5F7O3/c8-5(6(9,10)11,7(12,13)14)1-3-2-16-4(15)17-3/h3H,1-2H2. The highest BCUT2D eigenvalue weighted by molar-refractivity contribution is 5.61. The molecular weight excluding hydrogens is 265 g/mol. The van der Waals surface area contributed by atoms with Gasteiger partial charge in [-0.3, -0.25) is 0 Å². The summed E-state index contributed by atoms with van der Waals surface area (Å²) in [6.07, 6.45) is -17.7. The number of halogens is 7. The molecule has 3 nitrogen and oxygen atoms in total. The van der Waals surface area contributed by atoms with Crippen LogP contribution in [-0.4, -0.2) is 36.9 Å². The van der Waals surface area contributed by atoms with Crippen molar-refractivity contribution in [3.63, 3.8) is 0 Å². The number of cyclic esters (lactones) is 2. The van der Waals surface area contributed by atoms with Crippen molar-refractivity contribution >= 4 is 6.16 Å². The minimum absolute atomic E-state index is 0.851. The minimum atomic E-state index is -6.15. The smallest absolute Gasteiger partial charge is 0.430 e. The van der Waals surface area contributed by atoms with E-state index in [-0.39, 0.29) is 0 Å². The molecule has 0 aromatic heterocycles. The summed E-state index contributed by atoms with van der Waals surface area (Å²) in [7, 11) is 0. The van der Waals surface area contributed by atoms with E-state index in [1.165, 1.54) is 0 Å². The SMILES string of the molecule is O=C1OCC(CC(F)(C(F)(F)F)C(F)(F)F)O1. The third-order valence-electron chi connectivity index (χ3n) is 2.06. The average molecular weight is 270 g/mol. The zero-order chi connectivity index (χ0) is 13.5. The van der Waals surface area contributed by atoms with E-state index in [0.717, 1.165) is 0 Å². The number of carbonyl (C=O) groups excluding carboxylic acids is 1. The van der Waals surface area contributed by atoms with Crippen LogP contribution < -0.4 is 0 Å². The highest BCUT2D eigenvalue weighted by atomic mass is 19.4. The Balaban J connectivity index is 2.90. The number of alkyl halides is 7. The van der Waals surface area contributed by atoms with Crippen molar-refractivity contribution in [3.8, 4) is 0 Å². The second-order valence-electron chi connectivity index (χ2n) is 3.30. The van der Waals surface area contributed by atoms with E-state index in [0.29, 0.717) is 0 Å². The van der Waals surface area contributed by atoms with Gasteiger partial charge < -0.3 is 9.47 Å². The van der Waals surface area contributed by atoms with Gasteiger partial charge in [0, 0.05) is 6.42 Å². The summed E-state index contributed by atoms with van der Waals surface area (Å²) >= 11 is 0. The van der Waals surface area contributed by atoms with E-state index < -0.39 is 43.3 Å². The Morgan fingerprint density at radius 2 is 1.53 bits per heavy atom. The third kappa shape index (κ3) is 2.55. The molecule has 1 aliphatic rings. The van der Waals surface area contributed by atoms with Crippen molar-refractivity contribution in [2.75, 3.05) is 6.61 Å². The summed E-state index contributed by atoms with van der Waals surface area (Å²) < 4.78 is 93.5. The van der Waals surface area contributed by atoms with Gasteiger partial charge in [-0.15, -0.1) is 0 Å². The van der Waals surface area contributed by atoms with Gasteiger partial charge in [-0.2, -0.15) is 26.3 Å². The highest BCUT2D eigenvalue weighted by Gasteiger charge is 2.73. The number of ether oxygens (including phenoxy) is 2. The van der Waals surface area contributed by atoms with Crippen LogP contribution in [0, 0.1) is 0 Å². The van der Waals surface area contributed by atoms with Crippen LogP contribution in [0.1, 0.15) is 6.42 Å². The number of hydrogen-bond donors (Lipinski definition) is 0. The molecular formula is C7H5F7O3. The van der Waals surface area contributed by atoms with E-state index in [1.54, 1.807) is 0 Å². The summed E-state index contributed by atoms with van der Waals surface area (Å²) in [6, 6.07) is 0. The molecule has 0 aromatic rings. The molecule has 0 aliphatic carbocycles. The van der Waals surface area contributed by atoms with Crippen LogP contribution >= 0.6 is 0 Å². The van der Waals surface area contributed by atoms with Gasteiger partial charge in [0.1, 0.15) is 12.7 Å². The third-order valence-corrected chi connectivity index (χ3v) is 2.06. The summed E-state index contributed by atoms with van der Waals surface area (Å²) in [4.78, 5) is 10.3. The summed E-state index contributed by atoms with van der Waals surface area (Å²) in [5, 5.41) is 0. The van der Waals surface area contributed by atoms with Crippen LogP contribution in [0.4, 0.5) is 35.5 Å². The lowest BCUT2D eigenvalue weighted by atomic mass is 9.97. The Bertz CT molecular complexity index is 294. The van der Waals surface area contributed by atoms with Crippen molar-refractivity contribution < 1.29 is 45.0 Å². The number of hydrogen-bond acceptors (Lipinski definition) is 3. The van der Waals surface area contributed by atoms with Gasteiger partial charge in [-0.1, -0.05) is 0 Å². The summed E-state index contributed by atoms with van der Waals surface area (Å²) in [6.45, 7) is -0.851. The summed E-state index contributed by atoms with van der Waals surface area (Å²) in [5.41, 5.74) is -5.43. The predicted octanol–water partition coefficient (Wildman–Crippen LogP) is 2.74. The minimum Gasteiger partial charge on any atom is -0.430 e. The second kappa shape index (κ2) is 3.91. The first-order valence-corrected chi connectivity index (χ1v) is 4.13. The zero-order valence-electron chi connectivity index (χ0n) is 7.86. The van der Waals surface area contributed by atoms with Crippen molar-refractivity contribution in [1.29, 1.82) is 0 Å². The van der Waals surface area contributed by atoms with Gasteiger partial charge >= 0.3 is 24.2 Å². The van der Waals surface area contributed by atoms with Crippen LogP contribution in [0.3, 0.4) is 0 Å². The fraction of sp³-hybridized carbons (Fsp3) is 0.857. The fourth-order valence-electron chi connectivity index (χ4n) is 1.17. The monoisotopic (exact) mass is 270 g/mol. The van der Waals surface area contributed by atoms with Gasteiger partial charge in [0.05, 0.1) is 0 Å². The highest BCUT2D eigenvalue weighted by Crippen LogP contribution is 2.49. The molecule has 0 saturated carbocycles. The van der Waals surface area contributed by atoms with Gasteiger partial charge in [0.15, 0.2) is 0 Å². The predicted molar refractivity (Wildman–Crippen MR) is 36.8 cm³/mol. The molecule has 0 radical (unpaired) electrons. The van der Waals surface area contributed by atoms with E-state index in [4.69, 9.17) is 0 Å². The van der Waals surface area contributed by atoms with Crippen molar-refractivity contribution in [1.82, 2.24) is 0 Å². The maximum absolute atomic E-state index is 13.1. The Kier molecular flexibility index (Phi) is 3.19. The molecule has 10 heteroatoms. The van der Waals surface area contributed by atoms with Crippen LogP contribution in [-0.2, 0) is 9.47 Å². The molecule has 1 fully saturated rings. The molecule has 1 aliphatic heterocycles. The Morgan fingerprint density at radius 3 is 1.82 bits per heavy atom. The maximum Gasteiger partial charge on any atom is 0.508 e. The van der Waals surface area contributed by atoms with Crippen LogP contribution in [0.15, 0.2) is 0 Å². The molecule has 1 atom stereocenters. The molecule has 0 bridgehead atoms. The lowest BCUT2D eigenvalue weighted by Gasteiger charge is -2.30. The van der Waals surface area contributed by atoms with Crippen LogP contribution in [0.25, 0.3) is 0 Å². The van der Waals surface area contributed by atoms with E-state index in [9.17, 15) is 35.5 Å². The normalized spacial score (nSPS) is 22.3. The van der Waals surface area contributed by atoms with Crippen LogP contribution in [0.2, 0.25) is 0 Å². The summed E-state index contributed by atoms with van der Waals surface area (Å²) in [5.74, 6) is 0. The average Bonchev–Trinajstić information content (AvgIpc) is 2.47. The van der Waals surface area contributed by atoms with Gasteiger partial charge in [0.25, 0.3) is 0 Å². The molecule has 1 heterocycles. The molecule has 0 N–H and O–H groups in total. The fourth-order valence-corrected chi connectivity index (χ4v) is 1.17. The molecule has 0 amide bonds. The molecule has 0 aromatic carbocycles. The van der Waals surface area contributed by atoms with E-state index in [1.807, 2.05) is 0 Å². The molecule has 0 spiro atoms. The Morgan fingerprint density at radius 1 is 1.06 bits per heavy atom. The molecule has 1 saturated heterocycles. The lowest BCUT2D eigenvalue weighted by Crippen LogP contribution is -2.55. The van der Waals surface area contributed by atoms with Gasteiger partial charge in [-0.05, 0) is 0 Å². The first-order chi connectivity index (χ1) is 7.47.